The molecule has 2 rings (SSSR count). The van der Waals surface area contributed by atoms with E-state index in [1.165, 1.54) is 11.4 Å². The Kier molecular flexibility index (Phi) is 2.52. The highest BCUT2D eigenvalue weighted by Crippen LogP contribution is 2.09. The molecular formula is C7H12ClN3. The van der Waals surface area contributed by atoms with Crippen molar-refractivity contribution in [2.75, 3.05) is 6.54 Å². The summed E-state index contributed by atoms with van der Waals surface area (Å²) >= 11 is 0. The average molecular weight is 174 g/mol. The van der Waals surface area contributed by atoms with Crippen molar-refractivity contribution in [3.05, 3.63) is 17.2 Å². The molecule has 0 bridgehead atoms. The molecule has 0 spiro atoms. The van der Waals surface area contributed by atoms with Gasteiger partial charge in [-0.2, -0.15) is 0 Å². The molecule has 0 radical (unpaired) electrons. The number of aromatic amines is 1. The van der Waals surface area contributed by atoms with Crippen molar-refractivity contribution >= 4 is 12.4 Å². The molecule has 11 heavy (non-hydrogen) atoms. The van der Waals surface area contributed by atoms with Crippen molar-refractivity contribution in [2.45, 2.75) is 19.9 Å². The number of hydrogen-bond donors (Lipinski definition) is 2. The fraction of sp³-hybridized carbons (Fsp3) is 0.571. The first-order valence-corrected chi connectivity index (χ1v) is 3.61. The predicted molar refractivity (Wildman–Crippen MR) is 46.0 cm³/mol. The number of hydrogen-bond acceptors (Lipinski definition) is 2. The van der Waals surface area contributed by atoms with Crippen molar-refractivity contribution in [3.8, 4) is 0 Å². The van der Waals surface area contributed by atoms with Crippen molar-refractivity contribution in [2.24, 2.45) is 0 Å². The number of nitrogens with zero attached hydrogens (tertiary/aromatic N) is 1. The summed E-state index contributed by atoms with van der Waals surface area (Å²) in [5.41, 5.74) is 2.51. The van der Waals surface area contributed by atoms with Crippen LogP contribution in [0.5, 0.6) is 0 Å². The van der Waals surface area contributed by atoms with E-state index in [1.807, 2.05) is 6.92 Å². The van der Waals surface area contributed by atoms with Crippen LogP contribution in [0.1, 0.15) is 17.2 Å². The van der Waals surface area contributed by atoms with E-state index < -0.39 is 0 Å². The maximum absolute atomic E-state index is 4.36. The third-order valence-corrected chi connectivity index (χ3v) is 1.82. The Balaban J connectivity index is 0.000000605. The third-order valence-electron chi connectivity index (χ3n) is 1.82. The van der Waals surface area contributed by atoms with Gasteiger partial charge in [0, 0.05) is 19.5 Å². The molecule has 0 aromatic carbocycles. The Morgan fingerprint density at radius 2 is 2.27 bits per heavy atom. The van der Waals surface area contributed by atoms with Gasteiger partial charge in [-0.3, -0.25) is 0 Å². The highest BCUT2D eigenvalue weighted by molar-refractivity contribution is 5.85. The minimum atomic E-state index is 0. The molecule has 0 unspecified atom stereocenters. The number of aromatic nitrogens is 2. The van der Waals surface area contributed by atoms with Gasteiger partial charge in [-0.05, 0) is 6.92 Å². The molecule has 62 valence electrons. The SMILES string of the molecule is Cc1nc2c([nH]1)CNCC2.Cl. The van der Waals surface area contributed by atoms with Crippen LogP contribution in [0.4, 0.5) is 0 Å². The number of rotatable bonds is 0. The van der Waals surface area contributed by atoms with Crippen molar-refractivity contribution in [1.29, 1.82) is 0 Å². The first-order chi connectivity index (χ1) is 4.86. The summed E-state index contributed by atoms with van der Waals surface area (Å²) in [4.78, 5) is 7.58. The van der Waals surface area contributed by atoms with Crippen molar-refractivity contribution < 1.29 is 0 Å². The first kappa shape index (κ1) is 8.56. The molecule has 0 saturated heterocycles. The summed E-state index contributed by atoms with van der Waals surface area (Å²) in [5, 5.41) is 3.28. The molecule has 1 aliphatic rings. The highest BCUT2D eigenvalue weighted by Gasteiger charge is 2.11. The molecule has 2 N–H and O–H groups in total. The van der Waals surface area contributed by atoms with Gasteiger partial charge in [0.25, 0.3) is 0 Å². The molecule has 0 amide bonds. The minimum absolute atomic E-state index is 0. The summed E-state index contributed by atoms with van der Waals surface area (Å²) in [6.07, 6.45) is 1.07. The second-order valence-electron chi connectivity index (χ2n) is 2.67. The van der Waals surface area contributed by atoms with Crippen molar-refractivity contribution in [1.82, 2.24) is 15.3 Å². The normalized spacial score (nSPS) is 15.4. The van der Waals surface area contributed by atoms with E-state index in [-0.39, 0.29) is 12.4 Å². The lowest BCUT2D eigenvalue weighted by atomic mass is 10.2. The molecule has 1 aromatic rings. The van der Waals surface area contributed by atoms with Gasteiger partial charge in [-0.15, -0.1) is 12.4 Å². The molecule has 1 aliphatic heterocycles. The summed E-state index contributed by atoms with van der Waals surface area (Å²) in [6.45, 7) is 4.02. The lowest BCUT2D eigenvalue weighted by molar-refractivity contribution is 0.627. The Morgan fingerprint density at radius 3 is 3.00 bits per heavy atom. The Morgan fingerprint density at radius 1 is 1.45 bits per heavy atom. The van der Waals surface area contributed by atoms with Gasteiger partial charge in [-0.1, -0.05) is 0 Å². The van der Waals surface area contributed by atoms with Gasteiger partial charge < -0.3 is 10.3 Å². The third kappa shape index (κ3) is 1.54. The second-order valence-corrected chi connectivity index (χ2v) is 2.67. The van der Waals surface area contributed by atoms with Gasteiger partial charge in [0.1, 0.15) is 5.82 Å². The van der Waals surface area contributed by atoms with Crippen LogP contribution in [0.15, 0.2) is 0 Å². The van der Waals surface area contributed by atoms with E-state index in [9.17, 15) is 0 Å². The van der Waals surface area contributed by atoms with Crippen LogP contribution >= 0.6 is 12.4 Å². The van der Waals surface area contributed by atoms with Gasteiger partial charge in [0.05, 0.1) is 11.4 Å². The zero-order valence-corrected chi connectivity index (χ0v) is 7.29. The van der Waals surface area contributed by atoms with Gasteiger partial charge >= 0.3 is 0 Å². The van der Waals surface area contributed by atoms with E-state index >= 15 is 0 Å². The van der Waals surface area contributed by atoms with Crippen LogP contribution in [-0.4, -0.2) is 16.5 Å². The first-order valence-electron chi connectivity index (χ1n) is 3.61. The van der Waals surface area contributed by atoms with Crippen LogP contribution in [0, 0.1) is 6.92 Å². The fourth-order valence-corrected chi connectivity index (χ4v) is 1.36. The van der Waals surface area contributed by atoms with E-state index in [0.717, 1.165) is 25.3 Å². The fourth-order valence-electron chi connectivity index (χ4n) is 1.36. The van der Waals surface area contributed by atoms with E-state index in [1.54, 1.807) is 0 Å². The van der Waals surface area contributed by atoms with E-state index in [2.05, 4.69) is 15.3 Å². The number of halogens is 1. The Labute approximate surface area is 72.0 Å². The summed E-state index contributed by atoms with van der Waals surface area (Å²) in [5.74, 6) is 1.04. The quantitative estimate of drug-likeness (QED) is 0.609. The van der Waals surface area contributed by atoms with Gasteiger partial charge in [0.2, 0.25) is 0 Å². The lowest BCUT2D eigenvalue weighted by Gasteiger charge is -2.09. The summed E-state index contributed by atoms with van der Waals surface area (Å²) in [6, 6.07) is 0. The molecular weight excluding hydrogens is 162 g/mol. The zero-order chi connectivity index (χ0) is 6.97. The maximum atomic E-state index is 4.36. The zero-order valence-electron chi connectivity index (χ0n) is 6.48. The van der Waals surface area contributed by atoms with Gasteiger partial charge in [0.15, 0.2) is 0 Å². The Hall–Kier alpha value is -0.540. The maximum Gasteiger partial charge on any atom is 0.103 e. The lowest BCUT2D eigenvalue weighted by Crippen LogP contribution is -2.23. The van der Waals surface area contributed by atoms with Crippen LogP contribution in [0.25, 0.3) is 0 Å². The second kappa shape index (κ2) is 3.24. The van der Waals surface area contributed by atoms with Crippen LogP contribution in [0.3, 0.4) is 0 Å². The standard InChI is InChI=1S/C7H11N3.ClH/c1-5-9-6-2-3-8-4-7(6)10-5;/h8H,2-4H2,1H3,(H,9,10);1H. The molecule has 1 aromatic heterocycles. The number of nitrogens with one attached hydrogen (secondary N) is 2. The number of aryl methyl sites for hydroxylation is 1. The van der Waals surface area contributed by atoms with Crippen LogP contribution < -0.4 is 5.32 Å². The predicted octanol–water partition coefficient (Wildman–Crippen LogP) is 0.786. The molecule has 0 aliphatic carbocycles. The molecule has 0 fully saturated rings. The monoisotopic (exact) mass is 173 g/mol. The molecule has 2 heterocycles. The smallest absolute Gasteiger partial charge is 0.103 e. The number of fused-ring (bicyclic) bond motifs is 1. The van der Waals surface area contributed by atoms with E-state index in [4.69, 9.17) is 0 Å². The molecule has 0 atom stereocenters. The van der Waals surface area contributed by atoms with E-state index in [0.29, 0.717) is 0 Å². The topological polar surface area (TPSA) is 40.7 Å². The average Bonchev–Trinajstić information content (AvgIpc) is 2.27. The largest absolute Gasteiger partial charge is 0.345 e. The van der Waals surface area contributed by atoms with Gasteiger partial charge in [-0.25, -0.2) is 4.98 Å². The highest BCUT2D eigenvalue weighted by atomic mass is 35.5. The Bertz CT molecular complexity index is 220. The number of imidazole rings is 1. The summed E-state index contributed by atoms with van der Waals surface area (Å²) in [7, 11) is 0. The van der Waals surface area contributed by atoms with Crippen molar-refractivity contribution in [3.63, 3.8) is 0 Å². The molecule has 0 saturated carbocycles. The molecule has 4 heteroatoms. The van der Waals surface area contributed by atoms with Crippen LogP contribution in [-0.2, 0) is 13.0 Å². The van der Waals surface area contributed by atoms with Crippen LogP contribution in [0.2, 0.25) is 0 Å². The number of H-pyrrole nitrogens is 1. The molecule has 3 nitrogen and oxygen atoms in total. The minimum Gasteiger partial charge on any atom is -0.345 e. The summed E-state index contributed by atoms with van der Waals surface area (Å²) < 4.78 is 0.